The molecule has 0 aromatic rings. The van der Waals surface area contributed by atoms with Crippen molar-refractivity contribution >= 4 is 6.09 Å². The van der Waals surface area contributed by atoms with E-state index in [1.165, 1.54) is 0 Å². The van der Waals surface area contributed by atoms with Gasteiger partial charge in [0.2, 0.25) is 0 Å². The van der Waals surface area contributed by atoms with Crippen molar-refractivity contribution in [2.75, 3.05) is 13.1 Å². The molecule has 2 N–H and O–H groups in total. The summed E-state index contributed by atoms with van der Waals surface area (Å²) in [5.41, 5.74) is -0.537. The number of carbonyl (C=O) groups is 1. The molecule has 0 aromatic heterocycles. The molecule has 0 saturated carbocycles. The monoisotopic (exact) mass is 336 g/mol. The number of ether oxygens (including phenoxy) is 1. The number of likely N-dealkylation sites (tertiary alicyclic amines) is 1. The van der Waals surface area contributed by atoms with Gasteiger partial charge in [0.15, 0.2) is 0 Å². The van der Waals surface area contributed by atoms with Gasteiger partial charge in [0.1, 0.15) is 11.7 Å². The summed E-state index contributed by atoms with van der Waals surface area (Å²) in [6, 6.07) is -0.0405. The van der Waals surface area contributed by atoms with Gasteiger partial charge in [0.25, 0.3) is 6.43 Å². The first kappa shape index (κ1) is 20.1. The zero-order valence-electron chi connectivity index (χ0n) is 14.5. The highest BCUT2D eigenvalue weighted by molar-refractivity contribution is 5.68. The number of rotatable bonds is 6. The Morgan fingerprint density at radius 2 is 2.04 bits per heavy atom. The van der Waals surface area contributed by atoms with Crippen molar-refractivity contribution in [1.29, 1.82) is 0 Å². The summed E-state index contributed by atoms with van der Waals surface area (Å²) in [7, 11) is 0. The van der Waals surface area contributed by atoms with Gasteiger partial charge in [0, 0.05) is 25.2 Å². The molecule has 1 amide bonds. The fourth-order valence-electron chi connectivity index (χ4n) is 2.71. The Bertz CT molecular complexity index is 375. The van der Waals surface area contributed by atoms with Crippen molar-refractivity contribution in [2.45, 2.75) is 83.6 Å². The molecular formula is C16H30F2N2O3. The third kappa shape index (κ3) is 7.44. The SMILES string of the molecule is CC(CC1CCCCN1C(=O)OC(C)(C)C)NCC(O)C(F)F. The third-order valence-corrected chi connectivity index (χ3v) is 3.85. The van der Waals surface area contributed by atoms with Crippen molar-refractivity contribution in [3.63, 3.8) is 0 Å². The highest BCUT2D eigenvalue weighted by Gasteiger charge is 2.31. The Labute approximate surface area is 137 Å². The van der Waals surface area contributed by atoms with E-state index < -0.39 is 18.1 Å². The Hall–Kier alpha value is -0.950. The Morgan fingerprint density at radius 1 is 1.39 bits per heavy atom. The molecule has 1 aliphatic rings. The first-order valence-electron chi connectivity index (χ1n) is 8.29. The molecule has 0 aromatic carbocycles. The van der Waals surface area contributed by atoms with Gasteiger partial charge < -0.3 is 20.1 Å². The van der Waals surface area contributed by atoms with Crippen LogP contribution in [0.25, 0.3) is 0 Å². The second-order valence-corrected chi connectivity index (χ2v) is 7.27. The molecule has 1 rings (SSSR count). The molecule has 5 nitrogen and oxygen atoms in total. The molecule has 3 unspecified atom stereocenters. The van der Waals surface area contributed by atoms with Crippen LogP contribution >= 0.6 is 0 Å². The average Bonchev–Trinajstić information content (AvgIpc) is 2.43. The number of aliphatic hydroxyl groups is 1. The summed E-state index contributed by atoms with van der Waals surface area (Å²) >= 11 is 0. The molecule has 7 heteroatoms. The van der Waals surface area contributed by atoms with E-state index in [1.807, 2.05) is 27.7 Å². The van der Waals surface area contributed by atoms with E-state index in [2.05, 4.69) is 5.32 Å². The molecule has 23 heavy (non-hydrogen) atoms. The maximum absolute atomic E-state index is 12.3. The predicted octanol–water partition coefficient (Wildman–Crippen LogP) is 2.77. The minimum Gasteiger partial charge on any atom is -0.444 e. The molecule has 0 radical (unpaired) electrons. The van der Waals surface area contributed by atoms with E-state index >= 15 is 0 Å². The van der Waals surface area contributed by atoms with Crippen LogP contribution in [-0.2, 0) is 4.74 Å². The topological polar surface area (TPSA) is 61.8 Å². The Balaban J connectivity index is 2.52. The number of piperidine rings is 1. The zero-order valence-corrected chi connectivity index (χ0v) is 14.5. The summed E-state index contributed by atoms with van der Waals surface area (Å²) in [5.74, 6) is 0. The van der Waals surface area contributed by atoms with E-state index in [4.69, 9.17) is 9.84 Å². The van der Waals surface area contributed by atoms with Crippen LogP contribution in [0.15, 0.2) is 0 Å². The predicted molar refractivity (Wildman–Crippen MR) is 84.7 cm³/mol. The van der Waals surface area contributed by atoms with Crippen LogP contribution in [0.3, 0.4) is 0 Å². The van der Waals surface area contributed by atoms with E-state index in [0.29, 0.717) is 13.0 Å². The highest BCUT2D eigenvalue weighted by Crippen LogP contribution is 2.23. The number of amides is 1. The lowest BCUT2D eigenvalue weighted by atomic mass is 9.96. The number of aliphatic hydroxyl groups excluding tert-OH is 1. The summed E-state index contributed by atoms with van der Waals surface area (Å²) in [6.07, 6.45) is -1.22. The number of alkyl halides is 2. The summed E-state index contributed by atoms with van der Waals surface area (Å²) in [5, 5.41) is 12.1. The lowest BCUT2D eigenvalue weighted by Gasteiger charge is -2.38. The largest absolute Gasteiger partial charge is 0.444 e. The van der Waals surface area contributed by atoms with Crippen LogP contribution in [0.2, 0.25) is 0 Å². The van der Waals surface area contributed by atoms with Crippen molar-refractivity contribution < 1.29 is 23.4 Å². The van der Waals surface area contributed by atoms with Crippen molar-refractivity contribution in [3.05, 3.63) is 0 Å². The van der Waals surface area contributed by atoms with E-state index in [9.17, 15) is 13.6 Å². The van der Waals surface area contributed by atoms with Crippen LogP contribution in [0.4, 0.5) is 13.6 Å². The molecule has 0 bridgehead atoms. The molecule has 136 valence electrons. The van der Waals surface area contributed by atoms with Crippen LogP contribution in [0.1, 0.15) is 53.4 Å². The number of nitrogens with zero attached hydrogens (tertiary/aromatic N) is 1. The van der Waals surface area contributed by atoms with E-state index in [0.717, 1.165) is 19.3 Å². The summed E-state index contributed by atoms with van der Waals surface area (Å²) in [6.45, 7) is 7.88. The highest BCUT2D eigenvalue weighted by atomic mass is 19.3. The fourth-order valence-corrected chi connectivity index (χ4v) is 2.71. The fraction of sp³-hybridized carbons (Fsp3) is 0.938. The van der Waals surface area contributed by atoms with Crippen molar-refractivity contribution in [3.8, 4) is 0 Å². The van der Waals surface area contributed by atoms with Gasteiger partial charge >= 0.3 is 6.09 Å². The summed E-state index contributed by atoms with van der Waals surface area (Å²) < 4.78 is 30.1. The van der Waals surface area contributed by atoms with Gasteiger partial charge in [-0.3, -0.25) is 0 Å². The standard InChI is InChI=1S/C16H30F2N2O3/c1-11(19-10-13(21)14(17)18)9-12-7-5-6-8-20(12)15(22)23-16(2,3)4/h11-14,19,21H,5-10H2,1-4H3. The van der Waals surface area contributed by atoms with Crippen LogP contribution < -0.4 is 5.32 Å². The van der Waals surface area contributed by atoms with Gasteiger partial charge in [-0.25, -0.2) is 13.6 Å². The first-order chi connectivity index (χ1) is 10.6. The van der Waals surface area contributed by atoms with Crippen LogP contribution in [0.5, 0.6) is 0 Å². The minimum atomic E-state index is -2.75. The molecule has 0 aliphatic carbocycles. The third-order valence-electron chi connectivity index (χ3n) is 3.85. The number of nitrogens with one attached hydrogen (secondary N) is 1. The Kier molecular flexibility index (Phi) is 7.67. The normalized spacial score (nSPS) is 22.1. The molecule has 0 spiro atoms. The lowest BCUT2D eigenvalue weighted by molar-refractivity contribution is -0.00604. The molecule has 1 fully saturated rings. The second kappa shape index (κ2) is 8.78. The number of halogens is 2. The Morgan fingerprint density at radius 3 is 2.61 bits per heavy atom. The van der Waals surface area contributed by atoms with Crippen molar-refractivity contribution in [2.24, 2.45) is 0 Å². The minimum absolute atomic E-state index is 0.0322. The zero-order chi connectivity index (χ0) is 17.6. The molecule has 1 heterocycles. The summed E-state index contributed by atoms with van der Waals surface area (Å²) in [4.78, 5) is 14.1. The average molecular weight is 336 g/mol. The number of hydrogen-bond donors (Lipinski definition) is 2. The van der Waals surface area contributed by atoms with Gasteiger partial charge in [0.05, 0.1) is 0 Å². The lowest BCUT2D eigenvalue weighted by Crippen LogP contribution is -2.49. The van der Waals surface area contributed by atoms with Crippen LogP contribution in [-0.4, -0.2) is 59.4 Å². The van der Waals surface area contributed by atoms with Gasteiger partial charge in [-0.15, -0.1) is 0 Å². The van der Waals surface area contributed by atoms with Crippen LogP contribution in [0, 0.1) is 0 Å². The molecule has 1 aliphatic heterocycles. The maximum Gasteiger partial charge on any atom is 0.410 e. The van der Waals surface area contributed by atoms with Gasteiger partial charge in [-0.1, -0.05) is 0 Å². The van der Waals surface area contributed by atoms with Crippen molar-refractivity contribution in [1.82, 2.24) is 10.2 Å². The maximum atomic E-state index is 12.3. The number of carbonyl (C=O) groups excluding carboxylic acids is 1. The quantitative estimate of drug-likeness (QED) is 0.783. The molecule has 1 saturated heterocycles. The molecular weight excluding hydrogens is 306 g/mol. The van der Waals surface area contributed by atoms with Gasteiger partial charge in [-0.2, -0.15) is 0 Å². The van der Waals surface area contributed by atoms with Gasteiger partial charge in [-0.05, 0) is 53.4 Å². The number of hydrogen-bond acceptors (Lipinski definition) is 4. The molecule has 3 atom stereocenters. The second-order valence-electron chi connectivity index (χ2n) is 7.27. The van der Waals surface area contributed by atoms with E-state index in [-0.39, 0.29) is 24.7 Å². The smallest absolute Gasteiger partial charge is 0.410 e. The first-order valence-corrected chi connectivity index (χ1v) is 8.29. The van der Waals surface area contributed by atoms with E-state index in [1.54, 1.807) is 4.90 Å².